The fraction of sp³-hybridized carbons (Fsp3) is 0.444. The highest BCUT2D eigenvalue weighted by atomic mass is 19.1. The summed E-state index contributed by atoms with van der Waals surface area (Å²) in [5, 5.41) is 0. The third-order valence-electron chi connectivity index (χ3n) is 5.99. The monoisotopic (exact) mass is 423 g/mol. The average molecular weight is 424 g/mol. The molecule has 0 N–H and O–H groups in total. The molecule has 1 aliphatic heterocycles. The lowest BCUT2D eigenvalue weighted by Gasteiger charge is -2.37. The van der Waals surface area contributed by atoms with E-state index >= 15 is 0 Å². The second-order valence-corrected chi connectivity index (χ2v) is 9.73. The summed E-state index contributed by atoms with van der Waals surface area (Å²) in [6.07, 6.45) is 4.95. The van der Waals surface area contributed by atoms with Gasteiger partial charge in [0.25, 0.3) is 0 Å². The minimum absolute atomic E-state index is 0.0392. The van der Waals surface area contributed by atoms with Gasteiger partial charge >= 0.3 is 0 Å². The number of ether oxygens (including phenoxy) is 1. The number of hydrogen-bond acceptors (Lipinski definition) is 3. The number of carbonyl (C=O) groups is 1. The van der Waals surface area contributed by atoms with E-state index in [1.165, 1.54) is 12.1 Å². The van der Waals surface area contributed by atoms with E-state index in [-0.39, 0.29) is 34.9 Å². The molecule has 0 fully saturated rings. The zero-order chi connectivity index (χ0) is 22.6. The van der Waals surface area contributed by atoms with Gasteiger partial charge in [-0.3, -0.25) is 9.69 Å². The molecule has 3 nitrogen and oxygen atoms in total. The lowest BCUT2D eigenvalue weighted by molar-refractivity contribution is -0.128. The van der Waals surface area contributed by atoms with Crippen molar-refractivity contribution in [3.8, 4) is 5.75 Å². The Morgan fingerprint density at radius 1 is 1.06 bits per heavy atom. The van der Waals surface area contributed by atoms with Crippen LogP contribution in [0, 0.1) is 17.2 Å². The summed E-state index contributed by atoms with van der Waals surface area (Å²) >= 11 is 0. The van der Waals surface area contributed by atoms with Crippen LogP contribution in [0.1, 0.15) is 44.7 Å². The first kappa shape index (κ1) is 23.2. The van der Waals surface area contributed by atoms with Crippen LogP contribution < -0.4 is 4.74 Å². The van der Waals surface area contributed by atoms with Crippen molar-refractivity contribution in [2.45, 2.75) is 46.1 Å². The molecule has 166 valence electrons. The number of nitrogens with zero attached hydrogens (tertiary/aromatic N) is 1. The summed E-state index contributed by atoms with van der Waals surface area (Å²) in [7, 11) is 1.65. The molecule has 0 radical (unpaired) electrons. The Balaban J connectivity index is 1.98. The molecule has 0 saturated carbocycles. The first-order valence-electron chi connectivity index (χ1n) is 11.0. The van der Waals surface area contributed by atoms with E-state index in [0.29, 0.717) is 6.42 Å². The molecule has 31 heavy (non-hydrogen) atoms. The standard InChI is InChI=1S/C27H34FNO2/c1-19-26(30)25(17-20-8-12-22(28)13-9-20)24(21-10-14-23(31-5)15-11-21)7-6-16-29(19)18-27(2,3)4/h6-15,19,24-25H,16-18H2,1-5H3/b7-6-/t19-,24-,25-/m0/s1. The molecule has 3 rings (SSSR count). The number of rotatable bonds is 5. The molecular formula is C27H34FNO2. The molecule has 1 heterocycles. The van der Waals surface area contributed by atoms with Gasteiger partial charge in [0, 0.05) is 24.9 Å². The first-order chi connectivity index (χ1) is 14.7. The Hall–Kier alpha value is -2.46. The van der Waals surface area contributed by atoms with Crippen LogP contribution in [0.2, 0.25) is 0 Å². The summed E-state index contributed by atoms with van der Waals surface area (Å²) < 4.78 is 18.8. The number of carbonyl (C=O) groups excluding carboxylic acids is 1. The van der Waals surface area contributed by atoms with Crippen molar-refractivity contribution in [1.29, 1.82) is 0 Å². The van der Waals surface area contributed by atoms with Gasteiger partial charge in [-0.05, 0) is 54.2 Å². The van der Waals surface area contributed by atoms with Gasteiger partial charge in [-0.15, -0.1) is 0 Å². The van der Waals surface area contributed by atoms with Gasteiger partial charge in [-0.25, -0.2) is 4.39 Å². The Kier molecular flexibility index (Phi) is 7.32. The molecular weight excluding hydrogens is 389 g/mol. The second-order valence-electron chi connectivity index (χ2n) is 9.73. The van der Waals surface area contributed by atoms with Gasteiger partial charge in [0.1, 0.15) is 11.6 Å². The predicted octanol–water partition coefficient (Wildman–Crippen LogP) is 5.65. The Labute approximate surface area is 185 Å². The normalized spacial score (nSPS) is 23.8. The van der Waals surface area contributed by atoms with Crippen molar-refractivity contribution >= 4 is 5.78 Å². The topological polar surface area (TPSA) is 29.5 Å². The zero-order valence-corrected chi connectivity index (χ0v) is 19.3. The second kappa shape index (κ2) is 9.78. The molecule has 0 amide bonds. The summed E-state index contributed by atoms with van der Waals surface area (Å²) in [5.41, 5.74) is 2.17. The zero-order valence-electron chi connectivity index (χ0n) is 19.3. The number of methoxy groups -OCH3 is 1. The number of ketones is 1. The van der Waals surface area contributed by atoms with Gasteiger partial charge < -0.3 is 4.74 Å². The van der Waals surface area contributed by atoms with Crippen molar-refractivity contribution in [3.63, 3.8) is 0 Å². The number of Topliss-reactive ketones (excluding diaryl/α,β-unsaturated/α-hetero) is 1. The maximum Gasteiger partial charge on any atom is 0.154 e. The van der Waals surface area contributed by atoms with Crippen LogP contribution in [0.5, 0.6) is 5.75 Å². The number of hydrogen-bond donors (Lipinski definition) is 0. The fourth-order valence-electron chi connectivity index (χ4n) is 4.38. The van der Waals surface area contributed by atoms with E-state index in [1.54, 1.807) is 19.2 Å². The Morgan fingerprint density at radius 2 is 1.71 bits per heavy atom. The lowest BCUT2D eigenvalue weighted by atomic mass is 9.76. The molecule has 0 bridgehead atoms. The van der Waals surface area contributed by atoms with Crippen LogP contribution in [0.15, 0.2) is 60.7 Å². The molecule has 0 spiro atoms. The van der Waals surface area contributed by atoms with Gasteiger partial charge in [0.15, 0.2) is 5.78 Å². The Morgan fingerprint density at radius 3 is 2.29 bits per heavy atom. The third-order valence-corrected chi connectivity index (χ3v) is 5.99. The predicted molar refractivity (Wildman–Crippen MR) is 124 cm³/mol. The summed E-state index contributed by atoms with van der Waals surface area (Å²) in [5.74, 6) is 0.503. The molecule has 0 saturated heterocycles. The van der Waals surface area contributed by atoms with Crippen LogP contribution in [0.4, 0.5) is 4.39 Å². The molecule has 4 heteroatoms. The lowest BCUT2D eigenvalue weighted by Crippen LogP contribution is -2.47. The van der Waals surface area contributed by atoms with Gasteiger partial charge in [0.2, 0.25) is 0 Å². The van der Waals surface area contributed by atoms with Gasteiger partial charge in [-0.2, -0.15) is 0 Å². The first-order valence-corrected chi connectivity index (χ1v) is 11.0. The van der Waals surface area contributed by atoms with Crippen molar-refractivity contribution in [2.75, 3.05) is 20.2 Å². The number of halogens is 1. The highest BCUT2D eigenvalue weighted by Gasteiger charge is 2.35. The minimum atomic E-state index is -0.260. The van der Waals surface area contributed by atoms with Gasteiger partial charge in [0.05, 0.1) is 13.2 Å². The smallest absolute Gasteiger partial charge is 0.154 e. The highest BCUT2D eigenvalue weighted by Crippen LogP contribution is 2.34. The maximum absolute atomic E-state index is 13.8. The maximum atomic E-state index is 13.8. The van der Waals surface area contributed by atoms with Crippen LogP contribution in [0.3, 0.4) is 0 Å². The number of benzene rings is 2. The molecule has 3 atom stereocenters. The molecule has 2 aromatic rings. The van der Waals surface area contributed by atoms with Crippen molar-refractivity contribution in [2.24, 2.45) is 11.3 Å². The van der Waals surface area contributed by atoms with E-state index < -0.39 is 0 Å². The number of allylic oxidation sites excluding steroid dienone is 1. The Bertz CT molecular complexity index is 896. The van der Waals surface area contributed by atoms with Crippen LogP contribution in [-0.4, -0.2) is 36.9 Å². The van der Waals surface area contributed by atoms with Crippen molar-refractivity contribution in [3.05, 3.63) is 77.6 Å². The fourth-order valence-corrected chi connectivity index (χ4v) is 4.38. The molecule has 0 aliphatic carbocycles. The van der Waals surface area contributed by atoms with E-state index in [2.05, 4.69) is 37.8 Å². The van der Waals surface area contributed by atoms with Gasteiger partial charge in [-0.1, -0.05) is 57.2 Å². The molecule has 0 aromatic heterocycles. The van der Waals surface area contributed by atoms with Crippen molar-refractivity contribution < 1.29 is 13.9 Å². The van der Waals surface area contributed by atoms with E-state index in [9.17, 15) is 9.18 Å². The van der Waals surface area contributed by atoms with E-state index in [0.717, 1.165) is 30.0 Å². The summed E-state index contributed by atoms with van der Waals surface area (Å²) in [6.45, 7) is 10.2. The molecule has 2 aromatic carbocycles. The summed E-state index contributed by atoms with van der Waals surface area (Å²) in [6, 6.07) is 14.3. The van der Waals surface area contributed by atoms with Crippen LogP contribution in [0.25, 0.3) is 0 Å². The largest absolute Gasteiger partial charge is 0.497 e. The SMILES string of the molecule is COc1ccc([C@@H]2/C=C\CN(CC(C)(C)C)[C@@H](C)C(=O)[C@H]2Cc2ccc(F)cc2)cc1. The highest BCUT2D eigenvalue weighted by molar-refractivity contribution is 5.87. The molecule has 0 unspecified atom stereocenters. The third kappa shape index (κ3) is 6.04. The quantitative estimate of drug-likeness (QED) is 0.582. The van der Waals surface area contributed by atoms with Crippen LogP contribution >= 0.6 is 0 Å². The van der Waals surface area contributed by atoms with E-state index in [4.69, 9.17) is 4.74 Å². The van der Waals surface area contributed by atoms with Crippen molar-refractivity contribution in [1.82, 2.24) is 4.90 Å². The summed E-state index contributed by atoms with van der Waals surface area (Å²) in [4.78, 5) is 16.1. The van der Waals surface area contributed by atoms with E-state index in [1.807, 2.05) is 31.2 Å². The minimum Gasteiger partial charge on any atom is -0.497 e. The molecule has 1 aliphatic rings. The average Bonchev–Trinajstić information content (AvgIpc) is 2.74. The van der Waals surface area contributed by atoms with Crippen LogP contribution in [-0.2, 0) is 11.2 Å².